The minimum Gasteiger partial charge on any atom is -0.443 e. The number of carbonyl (C=O) groups excluding carboxylic acids is 1. The summed E-state index contributed by atoms with van der Waals surface area (Å²) in [6, 6.07) is 9.05. The zero-order chi connectivity index (χ0) is 18.5. The van der Waals surface area contributed by atoms with Gasteiger partial charge in [0.15, 0.2) is 5.16 Å². The molecule has 0 bridgehead atoms. The van der Waals surface area contributed by atoms with Crippen molar-refractivity contribution in [2.45, 2.75) is 25.9 Å². The molecule has 7 heteroatoms. The Balaban J connectivity index is 1.92. The summed E-state index contributed by atoms with van der Waals surface area (Å²) in [4.78, 5) is 21.6. The average molecular weight is 371 g/mol. The number of rotatable bonds is 7. The Labute approximate surface area is 156 Å². The lowest BCUT2D eigenvalue weighted by Gasteiger charge is -2.08. The second-order valence-electron chi connectivity index (χ2n) is 5.68. The van der Waals surface area contributed by atoms with Crippen molar-refractivity contribution >= 4 is 34.6 Å². The van der Waals surface area contributed by atoms with Crippen LogP contribution in [0.3, 0.4) is 0 Å². The smallest absolute Gasteiger partial charge is 0.256 e. The van der Waals surface area contributed by atoms with E-state index >= 15 is 0 Å². The van der Waals surface area contributed by atoms with E-state index in [0.717, 1.165) is 22.5 Å². The van der Waals surface area contributed by atoms with Crippen LogP contribution in [0.15, 0.2) is 39.9 Å². The molecule has 0 aliphatic heterocycles. The van der Waals surface area contributed by atoms with Crippen molar-refractivity contribution in [1.82, 2.24) is 9.97 Å². The second-order valence-corrected chi connectivity index (χ2v) is 6.75. The minimum absolute atomic E-state index is 0.214. The Morgan fingerprint density at radius 1 is 1.23 bits per heavy atom. The number of ether oxygens (including phenoxy) is 1. The number of amides is 1. The van der Waals surface area contributed by atoms with Gasteiger partial charge in [-0.3, -0.25) is 4.79 Å². The number of benzene rings is 1. The van der Waals surface area contributed by atoms with Crippen molar-refractivity contribution in [1.29, 1.82) is 0 Å². The van der Waals surface area contributed by atoms with Gasteiger partial charge >= 0.3 is 0 Å². The van der Waals surface area contributed by atoms with Crippen LogP contribution in [0, 0.1) is 13.8 Å². The Morgan fingerprint density at radius 2 is 2.00 bits per heavy atom. The van der Waals surface area contributed by atoms with E-state index < -0.39 is 0 Å². The van der Waals surface area contributed by atoms with E-state index in [1.54, 1.807) is 12.1 Å². The minimum atomic E-state index is -0.214. The van der Waals surface area contributed by atoms with Gasteiger partial charge in [-0.1, -0.05) is 30.0 Å². The highest BCUT2D eigenvalue weighted by atomic mass is 32.2. The van der Waals surface area contributed by atoms with Crippen LogP contribution in [-0.4, -0.2) is 34.8 Å². The average Bonchev–Trinajstić information content (AvgIpc) is 2.93. The van der Waals surface area contributed by atoms with E-state index in [1.165, 1.54) is 11.8 Å². The van der Waals surface area contributed by atoms with Crippen LogP contribution in [0.4, 0.5) is 5.82 Å². The zero-order valence-electron chi connectivity index (χ0n) is 15.0. The van der Waals surface area contributed by atoms with Crippen molar-refractivity contribution in [2.24, 2.45) is 0 Å². The predicted octanol–water partition coefficient (Wildman–Crippen LogP) is 4.22. The molecule has 6 nitrogen and oxygen atoms in total. The molecule has 0 saturated carbocycles. The summed E-state index contributed by atoms with van der Waals surface area (Å²) in [5.74, 6) is 1.75. The second kappa shape index (κ2) is 8.33. The van der Waals surface area contributed by atoms with E-state index in [1.807, 2.05) is 39.0 Å². The van der Waals surface area contributed by atoms with E-state index in [9.17, 15) is 4.79 Å². The summed E-state index contributed by atoms with van der Waals surface area (Å²) in [5.41, 5.74) is 1.98. The summed E-state index contributed by atoms with van der Waals surface area (Å²) in [7, 11) is 0. The molecule has 2 heterocycles. The van der Waals surface area contributed by atoms with Crippen molar-refractivity contribution in [3.05, 3.63) is 47.2 Å². The third kappa shape index (κ3) is 4.05. The SMILES string of the molecule is CCOCCSc1nc(NC(=O)c2ccccc2)c2c(C)c(C)oc2n1. The van der Waals surface area contributed by atoms with Gasteiger partial charge < -0.3 is 14.5 Å². The lowest BCUT2D eigenvalue weighted by molar-refractivity contribution is 0.102. The van der Waals surface area contributed by atoms with Crippen molar-refractivity contribution in [3.63, 3.8) is 0 Å². The zero-order valence-corrected chi connectivity index (χ0v) is 15.9. The summed E-state index contributed by atoms with van der Waals surface area (Å²) in [5, 5.41) is 4.19. The van der Waals surface area contributed by atoms with E-state index in [4.69, 9.17) is 9.15 Å². The Morgan fingerprint density at radius 3 is 2.73 bits per heavy atom. The van der Waals surface area contributed by atoms with Gasteiger partial charge in [0.05, 0.1) is 12.0 Å². The Hall–Kier alpha value is -2.38. The lowest BCUT2D eigenvalue weighted by Crippen LogP contribution is -2.14. The van der Waals surface area contributed by atoms with Crippen LogP contribution in [0.25, 0.3) is 11.1 Å². The van der Waals surface area contributed by atoms with Crippen molar-refractivity contribution in [3.8, 4) is 0 Å². The van der Waals surface area contributed by atoms with E-state index in [2.05, 4.69) is 15.3 Å². The molecule has 2 aromatic heterocycles. The van der Waals surface area contributed by atoms with Gasteiger partial charge in [0, 0.05) is 23.5 Å². The highest BCUT2D eigenvalue weighted by Crippen LogP contribution is 2.31. The summed E-state index contributed by atoms with van der Waals surface area (Å²) in [6.45, 7) is 7.06. The first kappa shape index (κ1) is 18.4. The first-order valence-corrected chi connectivity index (χ1v) is 9.43. The molecule has 0 aliphatic rings. The molecule has 0 saturated heterocycles. The molecule has 26 heavy (non-hydrogen) atoms. The molecule has 1 aromatic carbocycles. The fourth-order valence-electron chi connectivity index (χ4n) is 2.49. The fourth-order valence-corrected chi connectivity index (χ4v) is 3.18. The highest BCUT2D eigenvalue weighted by molar-refractivity contribution is 7.99. The third-order valence-electron chi connectivity index (χ3n) is 3.94. The third-order valence-corrected chi connectivity index (χ3v) is 4.75. The maximum atomic E-state index is 12.6. The largest absolute Gasteiger partial charge is 0.443 e. The van der Waals surface area contributed by atoms with Gasteiger partial charge in [0.1, 0.15) is 11.6 Å². The number of nitrogens with one attached hydrogen (secondary N) is 1. The molecular formula is C19H21N3O3S. The number of furan rings is 1. The number of carbonyl (C=O) groups is 1. The standard InChI is InChI=1S/C19H21N3O3S/c1-4-24-10-11-26-19-21-16(15-12(2)13(3)25-18(15)22-19)20-17(23)14-8-6-5-7-9-14/h5-9H,4,10-11H2,1-3H3,(H,20,21,22,23). The van der Waals surface area contributed by atoms with Crippen LogP contribution in [0.2, 0.25) is 0 Å². The number of nitrogens with zero attached hydrogens (tertiary/aromatic N) is 2. The number of aryl methyl sites for hydroxylation is 2. The molecule has 1 amide bonds. The molecule has 136 valence electrons. The van der Waals surface area contributed by atoms with E-state index in [-0.39, 0.29) is 5.91 Å². The number of aromatic nitrogens is 2. The van der Waals surface area contributed by atoms with Crippen molar-refractivity contribution in [2.75, 3.05) is 24.3 Å². The number of fused-ring (bicyclic) bond motifs is 1. The summed E-state index contributed by atoms with van der Waals surface area (Å²) in [6.07, 6.45) is 0. The molecule has 0 radical (unpaired) electrons. The quantitative estimate of drug-likeness (QED) is 0.381. The van der Waals surface area contributed by atoms with Crippen LogP contribution in [0.1, 0.15) is 28.6 Å². The monoisotopic (exact) mass is 371 g/mol. The molecule has 0 spiro atoms. The Kier molecular flexibility index (Phi) is 5.90. The van der Waals surface area contributed by atoms with Gasteiger partial charge in [-0.05, 0) is 32.9 Å². The Bertz CT molecular complexity index is 909. The molecule has 0 fully saturated rings. The van der Waals surface area contributed by atoms with E-state index in [0.29, 0.717) is 35.5 Å². The van der Waals surface area contributed by atoms with Gasteiger partial charge in [0.2, 0.25) is 5.71 Å². The number of hydrogen-bond acceptors (Lipinski definition) is 6. The first-order valence-electron chi connectivity index (χ1n) is 8.44. The van der Waals surface area contributed by atoms with Gasteiger partial charge in [0.25, 0.3) is 5.91 Å². The molecule has 3 rings (SSSR count). The maximum absolute atomic E-state index is 12.6. The number of thioether (sulfide) groups is 1. The molecule has 0 aliphatic carbocycles. The van der Waals surface area contributed by atoms with Gasteiger partial charge in [-0.25, -0.2) is 4.98 Å². The highest BCUT2D eigenvalue weighted by Gasteiger charge is 2.18. The number of hydrogen-bond donors (Lipinski definition) is 1. The topological polar surface area (TPSA) is 77.2 Å². The van der Waals surface area contributed by atoms with Gasteiger partial charge in [-0.15, -0.1) is 0 Å². The van der Waals surface area contributed by atoms with Crippen molar-refractivity contribution < 1.29 is 13.9 Å². The number of anilines is 1. The van der Waals surface area contributed by atoms with Crippen LogP contribution >= 0.6 is 11.8 Å². The summed E-state index contributed by atoms with van der Waals surface area (Å²) >= 11 is 1.47. The van der Waals surface area contributed by atoms with Crippen LogP contribution in [-0.2, 0) is 4.74 Å². The first-order chi connectivity index (χ1) is 12.6. The van der Waals surface area contributed by atoms with Crippen LogP contribution < -0.4 is 5.32 Å². The molecule has 0 atom stereocenters. The molecule has 1 N–H and O–H groups in total. The molecule has 0 unspecified atom stereocenters. The molecular weight excluding hydrogens is 350 g/mol. The fraction of sp³-hybridized carbons (Fsp3) is 0.316. The van der Waals surface area contributed by atoms with Crippen LogP contribution in [0.5, 0.6) is 0 Å². The maximum Gasteiger partial charge on any atom is 0.256 e. The molecule has 3 aromatic rings. The summed E-state index contributed by atoms with van der Waals surface area (Å²) < 4.78 is 11.1. The van der Waals surface area contributed by atoms with Gasteiger partial charge in [-0.2, -0.15) is 4.98 Å². The normalized spacial score (nSPS) is 11.0. The lowest BCUT2D eigenvalue weighted by atomic mass is 10.2. The predicted molar refractivity (Wildman–Crippen MR) is 103 cm³/mol.